The number of nitrogens with one attached hydrogen (secondary N) is 1. The summed E-state index contributed by atoms with van der Waals surface area (Å²) in [6.45, 7) is 2.70. The van der Waals surface area contributed by atoms with Gasteiger partial charge >= 0.3 is 0 Å². The maximum absolute atomic E-state index is 13.7. The Morgan fingerprint density at radius 3 is 2.63 bits per heavy atom. The van der Waals surface area contributed by atoms with E-state index >= 15 is 0 Å². The van der Waals surface area contributed by atoms with Crippen molar-refractivity contribution < 1.29 is 12.8 Å². The third-order valence-electron chi connectivity index (χ3n) is 2.67. The predicted molar refractivity (Wildman–Crippen MR) is 76.9 cm³/mol. The fraction of sp³-hybridized carbons (Fsp3) is 0.538. The maximum atomic E-state index is 13.7. The van der Waals surface area contributed by atoms with Gasteiger partial charge in [0.2, 0.25) is 0 Å². The van der Waals surface area contributed by atoms with Crippen molar-refractivity contribution in [1.29, 1.82) is 0 Å². The molecule has 6 heteroatoms. The zero-order valence-corrected chi connectivity index (χ0v) is 12.7. The third kappa shape index (κ3) is 6.36. The lowest BCUT2D eigenvalue weighted by Gasteiger charge is -2.18. The van der Waals surface area contributed by atoms with Crippen LogP contribution in [0.25, 0.3) is 0 Å². The van der Waals surface area contributed by atoms with Crippen LogP contribution in [0, 0.1) is 5.82 Å². The summed E-state index contributed by atoms with van der Waals surface area (Å²) >= 11 is 5.69. The first kappa shape index (κ1) is 16.4. The van der Waals surface area contributed by atoms with E-state index in [2.05, 4.69) is 5.32 Å². The Balaban J connectivity index is 2.81. The summed E-state index contributed by atoms with van der Waals surface area (Å²) in [6.07, 6.45) is 2.41. The van der Waals surface area contributed by atoms with Crippen molar-refractivity contribution in [3.63, 3.8) is 0 Å². The number of hydrogen-bond donors (Lipinski definition) is 1. The molecule has 1 atom stereocenters. The van der Waals surface area contributed by atoms with Crippen molar-refractivity contribution in [1.82, 2.24) is 5.32 Å². The molecule has 1 N–H and O–H groups in total. The van der Waals surface area contributed by atoms with Gasteiger partial charge in [-0.15, -0.1) is 0 Å². The zero-order chi connectivity index (χ0) is 14.5. The van der Waals surface area contributed by atoms with Gasteiger partial charge in [-0.2, -0.15) is 0 Å². The van der Waals surface area contributed by atoms with Gasteiger partial charge in [0.1, 0.15) is 15.7 Å². The quantitative estimate of drug-likeness (QED) is 0.841. The lowest BCUT2D eigenvalue weighted by molar-refractivity contribution is 0.516. The fourth-order valence-corrected chi connectivity index (χ4v) is 2.98. The first-order chi connectivity index (χ1) is 8.81. The van der Waals surface area contributed by atoms with E-state index < -0.39 is 15.7 Å². The van der Waals surface area contributed by atoms with E-state index in [4.69, 9.17) is 11.6 Å². The Labute approximate surface area is 119 Å². The van der Waals surface area contributed by atoms with Gasteiger partial charge in [0.15, 0.2) is 0 Å². The van der Waals surface area contributed by atoms with E-state index in [0.29, 0.717) is 23.6 Å². The molecule has 0 aliphatic heterocycles. The summed E-state index contributed by atoms with van der Waals surface area (Å²) in [5.74, 6) is -0.404. The van der Waals surface area contributed by atoms with E-state index in [-0.39, 0.29) is 11.8 Å². The standard InChI is InChI=1S/C13H19ClFNO2S/c1-3-6-16-12(9-19(2,17)18)7-10-4-5-11(14)8-13(10)15/h4-5,8,12,16H,3,6-7,9H2,1-2H3. The highest BCUT2D eigenvalue weighted by atomic mass is 35.5. The van der Waals surface area contributed by atoms with E-state index in [1.165, 1.54) is 12.3 Å². The first-order valence-corrected chi connectivity index (χ1v) is 8.60. The SMILES string of the molecule is CCCNC(Cc1ccc(Cl)cc1F)CS(C)(=O)=O. The van der Waals surface area contributed by atoms with Crippen LogP contribution >= 0.6 is 11.6 Å². The van der Waals surface area contributed by atoms with E-state index in [0.717, 1.165) is 6.42 Å². The molecule has 0 spiro atoms. The summed E-state index contributed by atoms with van der Waals surface area (Å²) < 4.78 is 36.5. The van der Waals surface area contributed by atoms with Gasteiger partial charge in [-0.3, -0.25) is 0 Å². The van der Waals surface area contributed by atoms with E-state index in [1.807, 2.05) is 6.92 Å². The van der Waals surface area contributed by atoms with Crippen LogP contribution < -0.4 is 5.32 Å². The van der Waals surface area contributed by atoms with Crippen molar-refractivity contribution in [3.05, 3.63) is 34.6 Å². The molecule has 0 aliphatic rings. The molecule has 0 saturated heterocycles. The summed E-state index contributed by atoms with van der Waals surface area (Å²) in [6, 6.07) is 4.16. The number of benzene rings is 1. The molecule has 0 amide bonds. The molecule has 0 aromatic heterocycles. The number of hydrogen-bond acceptors (Lipinski definition) is 3. The molecule has 0 bridgehead atoms. The topological polar surface area (TPSA) is 46.2 Å². The largest absolute Gasteiger partial charge is 0.313 e. The highest BCUT2D eigenvalue weighted by molar-refractivity contribution is 7.90. The molecule has 108 valence electrons. The van der Waals surface area contributed by atoms with Crippen molar-refractivity contribution in [2.75, 3.05) is 18.6 Å². The number of halogens is 2. The van der Waals surface area contributed by atoms with Crippen LogP contribution in [0.3, 0.4) is 0 Å². The lowest BCUT2D eigenvalue weighted by atomic mass is 10.1. The van der Waals surface area contributed by atoms with Crippen molar-refractivity contribution in [3.8, 4) is 0 Å². The van der Waals surface area contributed by atoms with Gasteiger partial charge in [-0.05, 0) is 37.1 Å². The summed E-state index contributed by atoms with van der Waals surface area (Å²) in [5, 5.41) is 3.47. The Hall–Kier alpha value is -0.650. The molecule has 0 aliphatic carbocycles. The van der Waals surface area contributed by atoms with Crippen LogP contribution in [0.5, 0.6) is 0 Å². The molecule has 0 heterocycles. The molecule has 1 aromatic rings. The van der Waals surface area contributed by atoms with Crippen LogP contribution in [0.1, 0.15) is 18.9 Å². The van der Waals surface area contributed by atoms with Crippen molar-refractivity contribution in [2.45, 2.75) is 25.8 Å². The smallest absolute Gasteiger partial charge is 0.148 e. The second-order valence-electron chi connectivity index (χ2n) is 4.68. The summed E-state index contributed by atoms with van der Waals surface area (Å²) in [4.78, 5) is 0. The maximum Gasteiger partial charge on any atom is 0.148 e. The minimum atomic E-state index is -3.11. The van der Waals surface area contributed by atoms with Crippen LogP contribution in [-0.4, -0.2) is 33.0 Å². The monoisotopic (exact) mass is 307 g/mol. The average molecular weight is 308 g/mol. The second-order valence-corrected chi connectivity index (χ2v) is 7.30. The zero-order valence-electron chi connectivity index (χ0n) is 11.1. The molecular formula is C13H19ClFNO2S. The number of sulfone groups is 1. The Kier molecular flexibility index (Phi) is 6.23. The van der Waals surface area contributed by atoms with E-state index in [9.17, 15) is 12.8 Å². The Morgan fingerprint density at radius 1 is 1.42 bits per heavy atom. The van der Waals surface area contributed by atoms with Crippen LogP contribution in [0.15, 0.2) is 18.2 Å². The van der Waals surface area contributed by atoms with Crippen molar-refractivity contribution >= 4 is 21.4 Å². The van der Waals surface area contributed by atoms with Gasteiger partial charge in [0, 0.05) is 17.3 Å². The van der Waals surface area contributed by atoms with Gasteiger partial charge in [0.05, 0.1) is 5.75 Å². The fourth-order valence-electron chi connectivity index (χ4n) is 1.86. The van der Waals surface area contributed by atoms with Gasteiger partial charge in [-0.25, -0.2) is 12.8 Å². The molecule has 1 rings (SSSR count). The van der Waals surface area contributed by atoms with E-state index in [1.54, 1.807) is 12.1 Å². The second kappa shape index (κ2) is 7.22. The van der Waals surface area contributed by atoms with Gasteiger partial charge in [-0.1, -0.05) is 24.6 Å². The van der Waals surface area contributed by atoms with Crippen LogP contribution in [-0.2, 0) is 16.3 Å². The molecule has 0 radical (unpaired) electrons. The minimum Gasteiger partial charge on any atom is -0.313 e. The predicted octanol–water partition coefficient (Wildman–Crippen LogP) is 2.43. The van der Waals surface area contributed by atoms with Crippen LogP contribution in [0.2, 0.25) is 5.02 Å². The van der Waals surface area contributed by atoms with Crippen LogP contribution in [0.4, 0.5) is 4.39 Å². The first-order valence-electron chi connectivity index (χ1n) is 6.17. The lowest BCUT2D eigenvalue weighted by Crippen LogP contribution is -2.37. The Morgan fingerprint density at radius 2 is 2.11 bits per heavy atom. The number of rotatable bonds is 7. The summed E-state index contributed by atoms with van der Waals surface area (Å²) in [7, 11) is -3.11. The molecular weight excluding hydrogens is 289 g/mol. The third-order valence-corrected chi connectivity index (χ3v) is 3.91. The molecule has 1 aromatic carbocycles. The molecule has 3 nitrogen and oxygen atoms in total. The summed E-state index contributed by atoms with van der Waals surface area (Å²) in [5.41, 5.74) is 0.474. The van der Waals surface area contributed by atoms with Crippen molar-refractivity contribution in [2.24, 2.45) is 0 Å². The molecule has 0 fully saturated rings. The highest BCUT2D eigenvalue weighted by Crippen LogP contribution is 2.16. The molecule has 1 unspecified atom stereocenters. The van der Waals surface area contributed by atoms with Gasteiger partial charge < -0.3 is 5.32 Å². The average Bonchev–Trinajstić information content (AvgIpc) is 2.27. The molecule has 19 heavy (non-hydrogen) atoms. The normalized spacial score (nSPS) is 13.5. The highest BCUT2D eigenvalue weighted by Gasteiger charge is 2.17. The van der Waals surface area contributed by atoms with Gasteiger partial charge in [0.25, 0.3) is 0 Å². The minimum absolute atomic E-state index is 0.00489. The Bertz CT molecular complexity index is 519. The molecule has 0 saturated carbocycles.